The summed E-state index contributed by atoms with van der Waals surface area (Å²) in [6, 6.07) is 9.76. The van der Waals surface area contributed by atoms with Gasteiger partial charge in [-0.2, -0.15) is 0 Å². The number of hydrogen-bond donors (Lipinski definition) is 3. The van der Waals surface area contributed by atoms with E-state index in [2.05, 4.69) is 25.8 Å². The molecule has 0 atom stereocenters. The molecule has 0 spiro atoms. The van der Waals surface area contributed by atoms with Crippen molar-refractivity contribution in [3.63, 3.8) is 0 Å². The number of urea groups is 1. The fourth-order valence-electron chi connectivity index (χ4n) is 4.24. The third kappa shape index (κ3) is 12.0. The minimum absolute atomic E-state index is 0.163. The number of unbranched alkanes of at least 4 members (excludes halogenated alkanes) is 2. The first kappa shape index (κ1) is 34.0. The number of rotatable bonds is 12. The molecule has 3 N–H and O–H groups in total. The van der Waals surface area contributed by atoms with Gasteiger partial charge < -0.3 is 25.2 Å². The van der Waals surface area contributed by atoms with Crippen LogP contribution >= 0.6 is 0 Å². The standard InChI is InChI=1S/C33H43FN6O4/c1-33(2,3)44-32(43)38-28-16-10-9-15-27(28)37-30(41)29-18-17-24(22-35-29)23-40(20-12-6-11-19-39(4)5)31(42)36-26-14-8-7-13-25(34)21-26/h7-10,14-18,21-22H,6,11-13,19-20,23H2,1-5H3,(H,36,42)(H,37,41)(H,38,43). The zero-order chi connectivity index (χ0) is 32.1. The van der Waals surface area contributed by atoms with Gasteiger partial charge in [0.05, 0.1) is 11.4 Å². The average Bonchev–Trinajstić information content (AvgIpc) is 3.15. The molecule has 1 aromatic heterocycles. The van der Waals surface area contributed by atoms with E-state index in [1.807, 2.05) is 14.1 Å². The number of pyridine rings is 1. The lowest BCUT2D eigenvalue weighted by molar-refractivity contribution is 0.0635. The van der Waals surface area contributed by atoms with Crippen molar-refractivity contribution in [2.24, 2.45) is 0 Å². The fraction of sp³-hybridized carbons (Fsp3) is 0.394. The second-order valence-electron chi connectivity index (χ2n) is 11.7. The number of para-hydroxylation sites is 2. The quantitative estimate of drug-likeness (QED) is 0.234. The lowest BCUT2D eigenvalue weighted by Crippen LogP contribution is -2.39. The van der Waals surface area contributed by atoms with Gasteiger partial charge in [-0.1, -0.05) is 36.8 Å². The second kappa shape index (κ2) is 16.4. The first-order valence-electron chi connectivity index (χ1n) is 14.7. The number of benzene rings is 1. The molecular formula is C33H43FN6O4. The minimum Gasteiger partial charge on any atom is -0.444 e. The highest BCUT2D eigenvalue weighted by molar-refractivity contribution is 6.05. The molecule has 0 radical (unpaired) electrons. The molecule has 1 heterocycles. The van der Waals surface area contributed by atoms with Gasteiger partial charge in [0.2, 0.25) is 0 Å². The number of carbonyl (C=O) groups excluding carboxylic acids is 3. The van der Waals surface area contributed by atoms with Crippen LogP contribution in [-0.2, 0) is 11.3 Å². The van der Waals surface area contributed by atoms with E-state index in [0.717, 1.165) is 31.4 Å². The Labute approximate surface area is 259 Å². The molecule has 1 aliphatic rings. The normalized spacial score (nSPS) is 13.0. The van der Waals surface area contributed by atoms with Crippen LogP contribution in [0.5, 0.6) is 0 Å². The smallest absolute Gasteiger partial charge is 0.412 e. The number of ether oxygens (including phenoxy) is 1. The molecule has 236 valence electrons. The third-order valence-corrected chi connectivity index (χ3v) is 6.35. The molecule has 10 nitrogen and oxygen atoms in total. The summed E-state index contributed by atoms with van der Waals surface area (Å²) in [4.78, 5) is 46.6. The van der Waals surface area contributed by atoms with Gasteiger partial charge in [0.25, 0.3) is 5.91 Å². The van der Waals surface area contributed by atoms with Crippen LogP contribution in [0.15, 0.2) is 78.4 Å². The van der Waals surface area contributed by atoms with E-state index in [4.69, 9.17) is 4.74 Å². The first-order chi connectivity index (χ1) is 20.9. The summed E-state index contributed by atoms with van der Waals surface area (Å²) in [5.41, 5.74) is 1.37. The van der Waals surface area contributed by atoms with Gasteiger partial charge in [-0.25, -0.2) is 14.0 Å². The maximum atomic E-state index is 14.0. The van der Waals surface area contributed by atoms with Crippen LogP contribution in [0.25, 0.3) is 0 Å². The van der Waals surface area contributed by atoms with Crippen molar-refractivity contribution in [3.8, 4) is 0 Å². The number of amides is 4. The third-order valence-electron chi connectivity index (χ3n) is 6.35. The first-order valence-corrected chi connectivity index (χ1v) is 14.7. The number of hydrogen-bond acceptors (Lipinski definition) is 6. The van der Waals surface area contributed by atoms with E-state index in [1.54, 1.807) is 86.5 Å². The highest BCUT2D eigenvalue weighted by atomic mass is 19.1. The van der Waals surface area contributed by atoms with E-state index in [0.29, 0.717) is 23.6 Å². The summed E-state index contributed by atoms with van der Waals surface area (Å²) in [7, 11) is 4.05. The van der Waals surface area contributed by atoms with Crippen molar-refractivity contribution in [1.29, 1.82) is 0 Å². The van der Waals surface area contributed by atoms with Gasteiger partial charge in [-0.3, -0.25) is 15.1 Å². The monoisotopic (exact) mass is 606 g/mol. The lowest BCUT2D eigenvalue weighted by Gasteiger charge is -2.24. The molecule has 0 fully saturated rings. The number of aromatic nitrogens is 1. The molecule has 0 saturated heterocycles. The number of anilines is 2. The highest BCUT2D eigenvalue weighted by Crippen LogP contribution is 2.23. The maximum Gasteiger partial charge on any atom is 0.412 e. The molecule has 4 amide bonds. The molecule has 44 heavy (non-hydrogen) atoms. The van der Waals surface area contributed by atoms with Gasteiger partial charge in [-0.05, 0) is 90.2 Å². The van der Waals surface area contributed by atoms with Crippen molar-refractivity contribution in [2.75, 3.05) is 37.8 Å². The zero-order valence-corrected chi connectivity index (χ0v) is 26.2. The van der Waals surface area contributed by atoms with Gasteiger partial charge in [-0.15, -0.1) is 0 Å². The fourth-order valence-corrected chi connectivity index (χ4v) is 4.24. The Bertz CT molecular complexity index is 1380. The van der Waals surface area contributed by atoms with E-state index in [9.17, 15) is 18.8 Å². The average molecular weight is 607 g/mol. The second-order valence-corrected chi connectivity index (χ2v) is 11.7. The van der Waals surface area contributed by atoms with Crippen LogP contribution in [-0.4, -0.2) is 65.6 Å². The van der Waals surface area contributed by atoms with E-state index in [1.165, 1.54) is 6.08 Å². The molecule has 3 rings (SSSR count). The maximum absolute atomic E-state index is 14.0. The number of nitrogens with zero attached hydrogens (tertiary/aromatic N) is 3. The Balaban J connectivity index is 1.67. The van der Waals surface area contributed by atoms with Crippen molar-refractivity contribution in [3.05, 3.63) is 89.7 Å². The summed E-state index contributed by atoms with van der Waals surface area (Å²) >= 11 is 0. The molecular weight excluding hydrogens is 563 g/mol. The van der Waals surface area contributed by atoms with Gasteiger partial charge in [0.1, 0.15) is 17.1 Å². The Morgan fingerprint density at radius 1 is 0.955 bits per heavy atom. The van der Waals surface area contributed by atoms with Crippen LogP contribution in [0.2, 0.25) is 0 Å². The molecule has 2 aromatic rings. The molecule has 0 bridgehead atoms. The summed E-state index contributed by atoms with van der Waals surface area (Å²) in [6.07, 6.45) is 10.2. The Kier molecular flexibility index (Phi) is 12.6. The molecule has 0 saturated carbocycles. The van der Waals surface area contributed by atoms with Crippen LogP contribution in [0.1, 0.15) is 62.5 Å². The van der Waals surface area contributed by atoms with Crippen LogP contribution in [0.3, 0.4) is 0 Å². The largest absolute Gasteiger partial charge is 0.444 e. The Hall–Kier alpha value is -4.51. The van der Waals surface area contributed by atoms with Gasteiger partial charge in [0.15, 0.2) is 0 Å². The van der Waals surface area contributed by atoms with Crippen molar-refractivity contribution >= 4 is 29.4 Å². The predicted octanol–water partition coefficient (Wildman–Crippen LogP) is 6.62. The number of nitrogens with one attached hydrogen (secondary N) is 3. The lowest BCUT2D eigenvalue weighted by atomic mass is 10.2. The summed E-state index contributed by atoms with van der Waals surface area (Å²) in [6.45, 7) is 7.01. The predicted molar refractivity (Wildman–Crippen MR) is 171 cm³/mol. The van der Waals surface area contributed by atoms with E-state index < -0.39 is 17.6 Å². The summed E-state index contributed by atoms with van der Waals surface area (Å²) in [5, 5.41) is 8.24. The molecule has 1 aromatic carbocycles. The topological polar surface area (TPSA) is 116 Å². The molecule has 11 heteroatoms. The summed E-state index contributed by atoms with van der Waals surface area (Å²) in [5.74, 6) is -0.797. The van der Waals surface area contributed by atoms with Gasteiger partial charge in [0, 0.05) is 31.4 Å². The van der Waals surface area contributed by atoms with E-state index >= 15 is 0 Å². The van der Waals surface area contributed by atoms with Crippen LogP contribution in [0, 0.1) is 0 Å². The van der Waals surface area contributed by atoms with Crippen LogP contribution in [0.4, 0.5) is 25.4 Å². The molecule has 0 unspecified atom stereocenters. The Morgan fingerprint density at radius 2 is 1.66 bits per heavy atom. The minimum atomic E-state index is -0.672. The van der Waals surface area contributed by atoms with Crippen molar-refractivity contribution in [1.82, 2.24) is 20.1 Å². The zero-order valence-electron chi connectivity index (χ0n) is 26.2. The highest BCUT2D eigenvalue weighted by Gasteiger charge is 2.19. The van der Waals surface area contributed by atoms with Crippen LogP contribution < -0.4 is 16.0 Å². The van der Waals surface area contributed by atoms with Crippen molar-refractivity contribution < 1.29 is 23.5 Å². The number of halogens is 1. The Morgan fingerprint density at radius 3 is 2.32 bits per heavy atom. The van der Waals surface area contributed by atoms with E-state index in [-0.39, 0.29) is 30.5 Å². The molecule has 0 aliphatic heterocycles. The number of carbonyl (C=O) groups is 3. The SMILES string of the molecule is CN(C)CCCCCN(Cc1ccc(C(=O)Nc2ccccc2NC(=O)OC(C)(C)C)nc1)C(=O)NC1=CC=CCC(F)=C1. The summed E-state index contributed by atoms with van der Waals surface area (Å²) < 4.78 is 19.3. The van der Waals surface area contributed by atoms with Gasteiger partial charge >= 0.3 is 12.1 Å². The van der Waals surface area contributed by atoms with Crippen molar-refractivity contribution in [2.45, 2.75) is 58.6 Å². The number of allylic oxidation sites excluding steroid dienone is 5. The molecule has 1 aliphatic carbocycles.